The van der Waals surface area contributed by atoms with Crippen LogP contribution in [0.4, 0.5) is 0 Å². The van der Waals surface area contributed by atoms with Crippen LogP contribution in [0.5, 0.6) is 0 Å². The summed E-state index contributed by atoms with van der Waals surface area (Å²) in [7, 11) is 0. The van der Waals surface area contributed by atoms with Gasteiger partial charge in [0.1, 0.15) is 0 Å². The fourth-order valence-corrected chi connectivity index (χ4v) is 2.08. The Morgan fingerprint density at radius 2 is 2.00 bits per heavy atom. The van der Waals surface area contributed by atoms with Gasteiger partial charge >= 0.3 is 0 Å². The van der Waals surface area contributed by atoms with E-state index in [1.54, 1.807) is 0 Å². The third kappa shape index (κ3) is 2.06. The first-order valence-electron chi connectivity index (χ1n) is 5.95. The average molecular weight is 225 g/mol. The van der Waals surface area contributed by atoms with Gasteiger partial charge in [0, 0.05) is 36.8 Å². The highest BCUT2D eigenvalue weighted by molar-refractivity contribution is 5.55. The molecule has 3 rings (SSSR count). The topological polar surface area (TPSA) is 37.8 Å². The first kappa shape index (κ1) is 10.4. The molecule has 3 nitrogen and oxygen atoms in total. The van der Waals surface area contributed by atoms with Crippen molar-refractivity contribution in [2.24, 2.45) is 0 Å². The van der Waals surface area contributed by atoms with Gasteiger partial charge in [-0.05, 0) is 6.92 Å². The number of aryl methyl sites for hydroxylation is 1. The second-order valence-electron chi connectivity index (χ2n) is 4.46. The van der Waals surface area contributed by atoms with E-state index in [1.807, 2.05) is 6.20 Å². The van der Waals surface area contributed by atoms with Gasteiger partial charge in [-0.1, -0.05) is 29.8 Å². The number of hydrogen-bond acceptors (Lipinski definition) is 3. The van der Waals surface area contributed by atoms with E-state index < -0.39 is 0 Å². The van der Waals surface area contributed by atoms with Crippen LogP contribution in [-0.2, 0) is 13.0 Å². The molecule has 3 heteroatoms. The lowest BCUT2D eigenvalue weighted by molar-refractivity contribution is 0.626. The molecule has 2 aromatic rings. The van der Waals surface area contributed by atoms with Crippen LogP contribution in [0.3, 0.4) is 0 Å². The van der Waals surface area contributed by atoms with Crippen molar-refractivity contribution in [3.05, 3.63) is 47.3 Å². The van der Waals surface area contributed by atoms with Crippen LogP contribution in [-0.4, -0.2) is 16.5 Å². The van der Waals surface area contributed by atoms with Gasteiger partial charge in [0.2, 0.25) is 0 Å². The molecule has 1 aromatic heterocycles. The van der Waals surface area contributed by atoms with E-state index in [0.29, 0.717) is 0 Å². The largest absolute Gasteiger partial charge is 0.312 e. The maximum absolute atomic E-state index is 4.66. The van der Waals surface area contributed by atoms with Crippen molar-refractivity contribution in [3.63, 3.8) is 0 Å². The zero-order valence-electron chi connectivity index (χ0n) is 9.90. The van der Waals surface area contributed by atoms with Gasteiger partial charge in [0.25, 0.3) is 0 Å². The Morgan fingerprint density at radius 1 is 1.18 bits per heavy atom. The molecular formula is C14H15N3. The van der Waals surface area contributed by atoms with E-state index >= 15 is 0 Å². The summed E-state index contributed by atoms with van der Waals surface area (Å²) in [5, 5.41) is 3.33. The second-order valence-corrected chi connectivity index (χ2v) is 4.46. The lowest BCUT2D eigenvalue weighted by atomic mass is 10.1. The second kappa shape index (κ2) is 4.26. The summed E-state index contributed by atoms with van der Waals surface area (Å²) >= 11 is 0. The van der Waals surface area contributed by atoms with Crippen molar-refractivity contribution in [1.29, 1.82) is 0 Å². The molecule has 86 valence electrons. The standard InChI is InChI=1S/C14H15N3/c1-10-2-4-11(5-3-10)14-16-9-12-8-15-7-6-13(12)17-14/h2-5,9,15H,6-8H2,1H3. The van der Waals surface area contributed by atoms with Crippen LogP contribution in [0.2, 0.25) is 0 Å². The molecule has 1 aliphatic heterocycles. The lowest BCUT2D eigenvalue weighted by Gasteiger charge is -2.16. The Balaban J connectivity index is 2.01. The summed E-state index contributed by atoms with van der Waals surface area (Å²) in [6, 6.07) is 8.36. The molecule has 1 N–H and O–H groups in total. The Kier molecular flexibility index (Phi) is 2.61. The predicted octanol–water partition coefficient (Wildman–Crippen LogP) is 2.10. The van der Waals surface area contributed by atoms with Crippen molar-refractivity contribution in [2.45, 2.75) is 19.9 Å². The molecule has 17 heavy (non-hydrogen) atoms. The number of benzene rings is 1. The van der Waals surface area contributed by atoms with Gasteiger partial charge in [0.05, 0.1) is 5.69 Å². The SMILES string of the molecule is Cc1ccc(-c2ncc3c(n2)CCNC3)cc1. The summed E-state index contributed by atoms with van der Waals surface area (Å²) in [5.41, 5.74) is 4.77. The average Bonchev–Trinajstić information content (AvgIpc) is 2.39. The zero-order valence-corrected chi connectivity index (χ0v) is 9.90. The molecule has 0 atom stereocenters. The van der Waals surface area contributed by atoms with Crippen LogP contribution >= 0.6 is 0 Å². The molecule has 0 fully saturated rings. The quantitative estimate of drug-likeness (QED) is 0.807. The van der Waals surface area contributed by atoms with Gasteiger partial charge in [-0.2, -0.15) is 0 Å². The van der Waals surface area contributed by atoms with Crippen molar-refractivity contribution >= 4 is 0 Å². The molecule has 0 amide bonds. The highest BCUT2D eigenvalue weighted by Crippen LogP contribution is 2.18. The summed E-state index contributed by atoms with van der Waals surface area (Å²) in [4.78, 5) is 9.10. The fraction of sp³-hybridized carbons (Fsp3) is 0.286. The molecule has 2 heterocycles. The van der Waals surface area contributed by atoms with E-state index in [0.717, 1.165) is 30.9 Å². The van der Waals surface area contributed by atoms with Crippen molar-refractivity contribution in [2.75, 3.05) is 6.54 Å². The van der Waals surface area contributed by atoms with Crippen molar-refractivity contribution in [1.82, 2.24) is 15.3 Å². The van der Waals surface area contributed by atoms with Crippen LogP contribution in [0, 0.1) is 6.92 Å². The Morgan fingerprint density at radius 3 is 2.82 bits per heavy atom. The zero-order chi connectivity index (χ0) is 11.7. The van der Waals surface area contributed by atoms with E-state index in [4.69, 9.17) is 0 Å². The summed E-state index contributed by atoms with van der Waals surface area (Å²) in [5.74, 6) is 0.839. The monoisotopic (exact) mass is 225 g/mol. The predicted molar refractivity (Wildman–Crippen MR) is 67.6 cm³/mol. The Labute approximate surface area is 101 Å². The molecule has 1 aliphatic rings. The van der Waals surface area contributed by atoms with E-state index in [-0.39, 0.29) is 0 Å². The normalized spacial score (nSPS) is 14.4. The number of hydrogen-bond donors (Lipinski definition) is 1. The molecule has 0 spiro atoms. The highest BCUT2D eigenvalue weighted by Gasteiger charge is 2.11. The molecule has 0 bridgehead atoms. The minimum Gasteiger partial charge on any atom is -0.312 e. The molecule has 0 saturated heterocycles. The van der Waals surface area contributed by atoms with Gasteiger partial charge in [0.15, 0.2) is 5.82 Å². The first-order chi connectivity index (χ1) is 8.33. The molecule has 0 radical (unpaired) electrons. The van der Waals surface area contributed by atoms with Crippen LogP contribution < -0.4 is 5.32 Å². The first-order valence-corrected chi connectivity index (χ1v) is 5.95. The minimum atomic E-state index is 0.839. The number of aromatic nitrogens is 2. The molecule has 0 saturated carbocycles. The van der Waals surface area contributed by atoms with Crippen molar-refractivity contribution < 1.29 is 0 Å². The number of rotatable bonds is 1. The number of nitrogens with one attached hydrogen (secondary N) is 1. The van der Waals surface area contributed by atoms with E-state index in [9.17, 15) is 0 Å². The number of nitrogens with zero attached hydrogens (tertiary/aromatic N) is 2. The Bertz CT molecular complexity index is 532. The maximum Gasteiger partial charge on any atom is 0.159 e. The smallest absolute Gasteiger partial charge is 0.159 e. The lowest BCUT2D eigenvalue weighted by Crippen LogP contribution is -2.24. The molecule has 0 aliphatic carbocycles. The summed E-state index contributed by atoms with van der Waals surface area (Å²) < 4.78 is 0. The molecular weight excluding hydrogens is 210 g/mol. The van der Waals surface area contributed by atoms with Gasteiger partial charge in [-0.15, -0.1) is 0 Å². The van der Waals surface area contributed by atoms with Crippen LogP contribution in [0.1, 0.15) is 16.8 Å². The van der Waals surface area contributed by atoms with Gasteiger partial charge in [-0.3, -0.25) is 0 Å². The third-order valence-corrected chi connectivity index (χ3v) is 3.12. The third-order valence-electron chi connectivity index (χ3n) is 3.12. The minimum absolute atomic E-state index is 0.839. The Hall–Kier alpha value is -1.74. The summed E-state index contributed by atoms with van der Waals surface area (Å²) in [6.45, 7) is 3.99. The van der Waals surface area contributed by atoms with Crippen LogP contribution in [0.15, 0.2) is 30.5 Å². The van der Waals surface area contributed by atoms with Crippen LogP contribution in [0.25, 0.3) is 11.4 Å². The van der Waals surface area contributed by atoms with Crippen molar-refractivity contribution in [3.8, 4) is 11.4 Å². The number of fused-ring (bicyclic) bond motifs is 1. The van der Waals surface area contributed by atoms with Gasteiger partial charge < -0.3 is 5.32 Å². The maximum atomic E-state index is 4.66. The fourth-order valence-electron chi connectivity index (χ4n) is 2.08. The van der Waals surface area contributed by atoms with Gasteiger partial charge in [-0.25, -0.2) is 9.97 Å². The molecule has 0 unspecified atom stereocenters. The highest BCUT2D eigenvalue weighted by atomic mass is 14.9. The summed E-state index contributed by atoms with van der Waals surface area (Å²) in [6.07, 6.45) is 2.94. The molecule has 1 aromatic carbocycles. The van der Waals surface area contributed by atoms with E-state index in [2.05, 4.69) is 46.5 Å². The van der Waals surface area contributed by atoms with E-state index in [1.165, 1.54) is 16.8 Å².